The standard InChI is InChI=1S/2C20H15.C2H4.2ClH.Zr/c2*1-14-12-16-8-5-11-19(20(16)13-14)18-10-4-7-15-6-2-3-9-17(15)18;1-2;;;/h2*2-13H,1H3;1H,2H3;2*1H;/q;;;;;+2/p-2. The fourth-order valence-electron chi connectivity index (χ4n) is 8.46. The molecule has 0 amide bonds. The quantitative estimate of drug-likeness (QED) is 0.172. The second-order valence-electron chi connectivity index (χ2n) is 12.8. The zero-order valence-electron chi connectivity index (χ0n) is 25.7. The Kier molecular flexibility index (Phi) is 6.85. The van der Waals surface area contributed by atoms with Gasteiger partial charge in [-0.1, -0.05) is 0 Å². The number of rotatable bonds is 4. The summed E-state index contributed by atoms with van der Waals surface area (Å²) in [4.78, 5) is 0. The van der Waals surface area contributed by atoms with E-state index in [-0.39, 0.29) is 7.25 Å². The Bertz CT molecular complexity index is 2160. The summed E-state index contributed by atoms with van der Waals surface area (Å²) in [6, 6.07) is 43.9. The number of hydrogen-bond acceptors (Lipinski definition) is 0. The second kappa shape index (κ2) is 10.6. The minimum absolute atomic E-state index is 0.0230. The normalized spacial score (nSPS) is 17.6. The number of benzene rings is 6. The van der Waals surface area contributed by atoms with Gasteiger partial charge in [0.2, 0.25) is 0 Å². The number of halogens is 2. The van der Waals surface area contributed by atoms with Crippen molar-refractivity contribution in [3.63, 3.8) is 0 Å². The maximum absolute atomic E-state index is 8.26. The zero-order valence-corrected chi connectivity index (χ0v) is 29.7. The number of fused-ring (bicyclic) bond motifs is 4. The van der Waals surface area contributed by atoms with E-state index in [2.05, 4.69) is 158 Å². The molecule has 0 bridgehead atoms. The molecule has 2 unspecified atom stereocenters. The van der Waals surface area contributed by atoms with Gasteiger partial charge in [-0.05, 0) is 0 Å². The Labute approximate surface area is 273 Å². The molecule has 2 aliphatic rings. The predicted octanol–water partition coefficient (Wildman–Crippen LogP) is 12.8. The molecule has 8 rings (SSSR count). The Morgan fingerprint density at radius 1 is 0.489 bits per heavy atom. The van der Waals surface area contributed by atoms with Gasteiger partial charge >= 0.3 is 275 Å². The van der Waals surface area contributed by atoms with Gasteiger partial charge in [0.1, 0.15) is 0 Å². The van der Waals surface area contributed by atoms with Crippen LogP contribution in [-0.2, 0) is 15.9 Å². The first-order chi connectivity index (χ1) is 21.8. The molecule has 3 heteroatoms. The van der Waals surface area contributed by atoms with Gasteiger partial charge in [-0.25, -0.2) is 0 Å². The zero-order chi connectivity index (χ0) is 30.9. The van der Waals surface area contributed by atoms with E-state index in [9.17, 15) is 0 Å². The fourth-order valence-corrected chi connectivity index (χ4v) is 26.6. The van der Waals surface area contributed by atoms with Crippen LogP contribution >= 0.6 is 17.0 Å². The molecular weight excluding hydrogens is 667 g/mol. The average molecular weight is 701 g/mol. The molecule has 0 radical (unpaired) electrons. The van der Waals surface area contributed by atoms with Crippen molar-refractivity contribution in [2.75, 3.05) is 0 Å². The Morgan fingerprint density at radius 2 is 0.867 bits per heavy atom. The molecule has 6 aromatic rings. The van der Waals surface area contributed by atoms with E-state index in [1.807, 2.05) is 0 Å². The summed E-state index contributed by atoms with van der Waals surface area (Å²) < 4.78 is 2.21. The van der Waals surface area contributed by atoms with E-state index in [1.54, 1.807) is 0 Å². The molecule has 0 N–H and O–H groups in total. The monoisotopic (exact) mass is 698 g/mol. The summed E-state index contributed by atoms with van der Waals surface area (Å²) in [5.41, 5.74) is 12.5. The summed E-state index contributed by atoms with van der Waals surface area (Å²) >= 11 is -4.89. The molecule has 2 aliphatic carbocycles. The molecular formula is C42H34Cl2Zr. The molecule has 2 atom stereocenters. The molecule has 220 valence electrons. The van der Waals surface area contributed by atoms with Crippen LogP contribution in [0.1, 0.15) is 50.3 Å². The van der Waals surface area contributed by atoms with Crippen LogP contribution in [0.5, 0.6) is 0 Å². The van der Waals surface area contributed by atoms with Gasteiger partial charge in [-0.15, -0.1) is 0 Å². The first kappa shape index (κ1) is 29.1. The van der Waals surface area contributed by atoms with Crippen LogP contribution in [0.25, 0.3) is 56.0 Å². The van der Waals surface area contributed by atoms with E-state index in [1.165, 1.54) is 77.2 Å². The molecule has 0 heterocycles. The SMILES string of the molecule is C[CH]=[Zr]([Cl])([Cl])([CH]1C(C)=Cc2c(-c3cccc4ccccc34)cccc21)[CH]1C(C)=Cc2c(-c3cccc4ccccc34)cccc21. The van der Waals surface area contributed by atoms with Crippen molar-refractivity contribution < 1.29 is 15.9 Å². The van der Waals surface area contributed by atoms with Crippen LogP contribution in [0, 0.1) is 0 Å². The first-order valence-corrected chi connectivity index (χ1v) is 26.3. The van der Waals surface area contributed by atoms with Crippen LogP contribution in [-0.4, -0.2) is 3.71 Å². The Balaban J connectivity index is 1.31. The van der Waals surface area contributed by atoms with Gasteiger partial charge in [0.25, 0.3) is 0 Å². The molecule has 0 aromatic heterocycles. The molecule has 0 saturated carbocycles. The Hall–Kier alpha value is -3.35. The summed E-state index contributed by atoms with van der Waals surface area (Å²) in [6.07, 6.45) is 4.72. The molecule has 0 aliphatic heterocycles. The second-order valence-corrected chi connectivity index (χ2v) is 34.2. The maximum atomic E-state index is 8.26. The van der Waals surface area contributed by atoms with Crippen molar-refractivity contribution in [2.45, 2.75) is 28.0 Å². The van der Waals surface area contributed by atoms with Crippen molar-refractivity contribution in [3.05, 3.63) is 155 Å². The van der Waals surface area contributed by atoms with Crippen molar-refractivity contribution in [2.24, 2.45) is 0 Å². The van der Waals surface area contributed by atoms with E-state index in [4.69, 9.17) is 17.0 Å². The summed E-state index contributed by atoms with van der Waals surface area (Å²) in [5, 5.41) is 5.01. The molecule has 6 aromatic carbocycles. The third kappa shape index (κ3) is 4.31. The van der Waals surface area contributed by atoms with E-state index in [0.717, 1.165) is 0 Å². The van der Waals surface area contributed by atoms with Crippen molar-refractivity contribution in [3.8, 4) is 22.3 Å². The van der Waals surface area contributed by atoms with Crippen LogP contribution in [0.15, 0.2) is 132 Å². The van der Waals surface area contributed by atoms with Crippen molar-refractivity contribution in [1.29, 1.82) is 0 Å². The van der Waals surface area contributed by atoms with Crippen molar-refractivity contribution in [1.82, 2.24) is 0 Å². The summed E-state index contributed by atoms with van der Waals surface area (Å²) in [7, 11) is 16.5. The van der Waals surface area contributed by atoms with E-state index in [0.29, 0.717) is 0 Å². The van der Waals surface area contributed by atoms with Gasteiger partial charge in [0.05, 0.1) is 0 Å². The van der Waals surface area contributed by atoms with E-state index >= 15 is 0 Å². The van der Waals surface area contributed by atoms with Gasteiger partial charge in [-0.3, -0.25) is 0 Å². The number of allylic oxidation sites excluding steroid dienone is 2. The van der Waals surface area contributed by atoms with Crippen molar-refractivity contribution >= 4 is 54.4 Å². The molecule has 45 heavy (non-hydrogen) atoms. The number of hydrogen-bond donors (Lipinski definition) is 0. The molecule has 0 spiro atoms. The van der Waals surface area contributed by atoms with Crippen LogP contribution in [0.3, 0.4) is 0 Å². The molecule has 0 saturated heterocycles. The van der Waals surface area contributed by atoms with Crippen LogP contribution < -0.4 is 0 Å². The van der Waals surface area contributed by atoms with Gasteiger partial charge in [0, 0.05) is 0 Å². The average Bonchev–Trinajstić information content (AvgIpc) is 3.61. The third-order valence-electron chi connectivity index (χ3n) is 10.4. The first-order valence-electron chi connectivity index (χ1n) is 15.8. The fraction of sp³-hybridized carbons (Fsp3) is 0.119. The van der Waals surface area contributed by atoms with E-state index < -0.39 is 15.9 Å². The molecule has 0 nitrogen and oxygen atoms in total. The summed E-state index contributed by atoms with van der Waals surface area (Å²) in [5.74, 6) is 0. The Morgan fingerprint density at radius 3 is 1.31 bits per heavy atom. The predicted molar refractivity (Wildman–Crippen MR) is 195 cm³/mol. The summed E-state index contributed by atoms with van der Waals surface area (Å²) in [6.45, 7) is 6.59. The van der Waals surface area contributed by atoms with Gasteiger partial charge in [-0.2, -0.15) is 0 Å². The van der Waals surface area contributed by atoms with Gasteiger partial charge in [0.15, 0.2) is 0 Å². The van der Waals surface area contributed by atoms with Crippen LogP contribution in [0.4, 0.5) is 0 Å². The van der Waals surface area contributed by atoms with Crippen LogP contribution in [0.2, 0.25) is 0 Å². The minimum atomic E-state index is -4.89. The third-order valence-corrected chi connectivity index (χ3v) is 30.0. The molecule has 0 fully saturated rings. The topological polar surface area (TPSA) is 0 Å². The van der Waals surface area contributed by atoms with Gasteiger partial charge < -0.3 is 0 Å².